The Balaban J connectivity index is 1.65. The molecule has 3 rings (SSSR count). The van der Waals surface area contributed by atoms with Crippen LogP contribution < -0.4 is 10.1 Å². The van der Waals surface area contributed by atoms with Crippen LogP contribution in [-0.4, -0.2) is 16.9 Å². The molecule has 1 fully saturated rings. The lowest BCUT2D eigenvalue weighted by Gasteiger charge is -2.23. The Morgan fingerprint density at radius 3 is 2.61 bits per heavy atom. The third-order valence-electron chi connectivity index (χ3n) is 4.22. The summed E-state index contributed by atoms with van der Waals surface area (Å²) in [5.74, 6) is 0.583. The molecule has 1 amide bonds. The Morgan fingerprint density at radius 2 is 1.83 bits per heavy atom. The summed E-state index contributed by atoms with van der Waals surface area (Å²) >= 11 is 0. The van der Waals surface area contributed by atoms with Crippen molar-refractivity contribution in [3.8, 4) is 5.75 Å². The molecule has 2 aromatic rings. The summed E-state index contributed by atoms with van der Waals surface area (Å²) in [6.07, 6.45) is 9.30. The molecule has 1 saturated carbocycles. The van der Waals surface area contributed by atoms with Gasteiger partial charge in [-0.25, -0.2) is 0 Å². The monoisotopic (exact) mass is 310 g/mol. The van der Waals surface area contributed by atoms with Crippen LogP contribution in [0, 0.1) is 0 Å². The maximum absolute atomic E-state index is 12.5. The van der Waals surface area contributed by atoms with E-state index in [0.717, 1.165) is 18.4 Å². The van der Waals surface area contributed by atoms with Gasteiger partial charge in [0, 0.05) is 18.4 Å². The van der Waals surface area contributed by atoms with E-state index in [9.17, 15) is 4.79 Å². The van der Waals surface area contributed by atoms with E-state index in [0.29, 0.717) is 24.0 Å². The third-order valence-corrected chi connectivity index (χ3v) is 4.22. The Bertz CT molecular complexity index is 637. The van der Waals surface area contributed by atoms with Gasteiger partial charge in [0.15, 0.2) is 0 Å². The van der Waals surface area contributed by atoms with Crippen molar-refractivity contribution in [2.24, 2.45) is 0 Å². The Kier molecular flexibility index (Phi) is 5.25. The number of hydrogen-bond donors (Lipinski definition) is 1. The zero-order valence-corrected chi connectivity index (χ0v) is 13.2. The van der Waals surface area contributed by atoms with Gasteiger partial charge in [-0.15, -0.1) is 0 Å². The summed E-state index contributed by atoms with van der Waals surface area (Å²) in [4.78, 5) is 16.5. The number of rotatable bonds is 5. The van der Waals surface area contributed by atoms with Crippen LogP contribution in [-0.2, 0) is 6.61 Å². The average molecular weight is 310 g/mol. The highest BCUT2D eigenvalue weighted by Gasteiger charge is 2.18. The number of para-hydroxylation sites is 1. The van der Waals surface area contributed by atoms with Crippen LogP contribution >= 0.6 is 0 Å². The number of carbonyl (C=O) groups is 1. The van der Waals surface area contributed by atoms with Crippen LogP contribution in [0.1, 0.15) is 48.0 Å². The minimum absolute atomic E-state index is 0.0396. The number of pyridine rings is 1. The first-order valence-electron chi connectivity index (χ1n) is 8.24. The summed E-state index contributed by atoms with van der Waals surface area (Å²) in [7, 11) is 0. The zero-order valence-electron chi connectivity index (χ0n) is 13.2. The van der Waals surface area contributed by atoms with Crippen molar-refractivity contribution in [2.75, 3.05) is 0 Å². The van der Waals surface area contributed by atoms with Crippen molar-refractivity contribution >= 4 is 5.91 Å². The number of aromatic nitrogens is 1. The lowest BCUT2D eigenvalue weighted by atomic mass is 9.95. The van der Waals surface area contributed by atoms with Gasteiger partial charge < -0.3 is 10.1 Å². The van der Waals surface area contributed by atoms with Crippen LogP contribution in [0.25, 0.3) is 0 Å². The number of ether oxygens (including phenoxy) is 1. The molecule has 1 N–H and O–H groups in total. The molecular formula is C19H22N2O2. The van der Waals surface area contributed by atoms with Gasteiger partial charge in [0.25, 0.3) is 5.91 Å². The van der Waals surface area contributed by atoms with E-state index in [1.807, 2.05) is 36.4 Å². The van der Waals surface area contributed by atoms with E-state index in [1.165, 1.54) is 19.3 Å². The molecule has 120 valence electrons. The summed E-state index contributed by atoms with van der Waals surface area (Å²) in [5, 5.41) is 3.14. The van der Waals surface area contributed by atoms with Crippen molar-refractivity contribution in [3.05, 3.63) is 59.9 Å². The quantitative estimate of drug-likeness (QED) is 0.915. The second kappa shape index (κ2) is 7.77. The predicted octanol–water partition coefficient (Wildman–Crippen LogP) is 3.72. The molecule has 0 atom stereocenters. The number of nitrogens with one attached hydrogen (secondary N) is 1. The largest absolute Gasteiger partial charge is 0.488 e. The van der Waals surface area contributed by atoms with E-state index in [2.05, 4.69) is 10.3 Å². The molecule has 4 heteroatoms. The molecule has 1 aromatic carbocycles. The SMILES string of the molecule is O=C(NC1CCCCC1)c1ccccc1OCc1ccncc1. The molecule has 0 radical (unpaired) electrons. The normalized spacial score (nSPS) is 15.1. The van der Waals surface area contributed by atoms with Crippen LogP contribution in [0.3, 0.4) is 0 Å². The summed E-state index contributed by atoms with van der Waals surface area (Å²) in [6, 6.07) is 11.5. The lowest BCUT2D eigenvalue weighted by Crippen LogP contribution is -2.36. The van der Waals surface area contributed by atoms with Crippen molar-refractivity contribution in [1.82, 2.24) is 10.3 Å². The van der Waals surface area contributed by atoms with Gasteiger partial charge in [-0.1, -0.05) is 31.4 Å². The fourth-order valence-electron chi connectivity index (χ4n) is 2.93. The Hall–Kier alpha value is -2.36. The number of hydrogen-bond acceptors (Lipinski definition) is 3. The van der Waals surface area contributed by atoms with Gasteiger partial charge in [-0.05, 0) is 42.7 Å². The van der Waals surface area contributed by atoms with Gasteiger partial charge in [0.1, 0.15) is 12.4 Å². The minimum atomic E-state index is -0.0396. The molecule has 1 aliphatic carbocycles. The van der Waals surface area contributed by atoms with E-state index in [4.69, 9.17) is 4.74 Å². The smallest absolute Gasteiger partial charge is 0.255 e. The number of nitrogens with zero attached hydrogens (tertiary/aromatic N) is 1. The standard InChI is InChI=1S/C19H22N2O2/c22-19(21-16-6-2-1-3-7-16)17-8-4-5-9-18(17)23-14-15-10-12-20-13-11-15/h4-5,8-13,16H,1-3,6-7,14H2,(H,21,22). The molecule has 0 unspecified atom stereocenters. The first-order chi connectivity index (χ1) is 11.3. The third kappa shape index (κ3) is 4.31. The van der Waals surface area contributed by atoms with Crippen molar-refractivity contribution < 1.29 is 9.53 Å². The van der Waals surface area contributed by atoms with Gasteiger partial charge in [0.2, 0.25) is 0 Å². The molecular weight excluding hydrogens is 288 g/mol. The predicted molar refractivity (Wildman–Crippen MR) is 89.4 cm³/mol. The van der Waals surface area contributed by atoms with Gasteiger partial charge in [0.05, 0.1) is 5.56 Å². The van der Waals surface area contributed by atoms with E-state index in [1.54, 1.807) is 12.4 Å². The molecule has 0 saturated heterocycles. The fourth-order valence-corrected chi connectivity index (χ4v) is 2.93. The number of amides is 1. The molecule has 0 spiro atoms. The van der Waals surface area contributed by atoms with Gasteiger partial charge in [-0.2, -0.15) is 0 Å². The van der Waals surface area contributed by atoms with Crippen LogP contribution in [0.4, 0.5) is 0 Å². The molecule has 1 aromatic heterocycles. The average Bonchev–Trinajstić information content (AvgIpc) is 2.62. The lowest BCUT2D eigenvalue weighted by molar-refractivity contribution is 0.0923. The highest BCUT2D eigenvalue weighted by Crippen LogP contribution is 2.22. The van der Waals surface area contributed by atoms with Gasteiger partial charge >= 0.3 is 0 Å². The Morgan fingerprint density at radius 1 is 1.09 bits per heavy atom. The van der Waals surface area contributed by atoms with Crippen molar-refractivity contribution in [2.45, 2.75) is 44.8 Å². The van der Waals surface area contributed by atoms with Crippen molar-refractivity contribution in [3.63, 3.8) is 0 Å². The highest BCUT2D eigenvalue weighted by molar-refractivity contribution is 5.97. The first kappa shape index (κ1) is 15.5. The molecule has 23 heavy (non-hydrogen) atoms. The van der Waals surface area contributed by atoms with E-state index < -0.39 is 0 Å². The van der Waals surface area contributed by atoms with Crippen LogP contribution in [0.2, 0.25) is 0 Å². The first-order valence-corrected chi connectivity index (χ1v) is 8.24. The molecule has 1 heterocycles. The summed E-state index contributed by atoms with van der Waals surface area (Å²) < 4.78 is 5.84. The maximum Gasteiger partial charge on any atom is 0.255 e. The molecule has 0 aliphatic heterocycles. The zero-order chi connectivity index (χ0) is 15.9. The number of benzene rings is 1. The van der Waals surface area contributed by atoms with E-state index >= 15 is 0 Å². The van der Waals surface area contributed by atoms with Crippen LogP contribution in [0.5, 0.6) is 5.75 Å². The van der Waals surface area contributed by atoms with Gasteiger partial charge in [-0.3, -0.25) is 9.78 Å². The minimum Gasteiger partial charge on any atom is -0.488 e. The second-order valence-corrected chi connectivity index (χ2v) is 5.95. The Labute approximate surface area is 136 Å². The maximum atomic E-state index is 12.5. The van der Waals surface area contributed by atoms with E-state index in [-0.39, 0.29) is 5.91 Å². The molecule has 1 aliphatic rings. The fraction of sp³-hybridized carbons (Fsp3) is 0.368. The van der Waals surface area contributed by atoms with Crippen molar-refractivity contribution in [1.29, 1.82) is 0 Å². The summed E-state index contributed by atoms with van der Waals surface area (Å²) in [5.41, 5.74) is 1.63. The molecule has 0 bridgehead atoms. The van der Waals surface area contributed by atoms with Crippen LogP contribution in [0.15, 0.2) is 48.8 Å². The summed E-state index contributed by atoms with van der Waals surface area (Å²) in [6.45, 7) is 0.427. The topological polar surface area (TPSA) is 51.2 Å². The second-order valence-electron chi connectivity index (χ2n) is 5.95. The highest BCUT2D eigenvalue weighted by atomic mass is 16.5. The molecule has 4 nitrogen and oxygen atoms in total. The number of carbonyl (C=O) groups excluding carboxylic acids is 1.